The molecular formula is C30H25F2N5O4. The average molecular weight is 558 g/mol. The van der Waals surface area contributed by atoms with Crippen molar-refractivity contribution in [2.45, 2.75) is 13.0 Å². The molecule has 0 unspecified atom stereocenters. The highest BCUT2D eigenvalue weighted by atomic mass is 19.1. The van der Waals surface area contributed by atoms with Gasteiger partial charge in [-0.1, -0.05) is 18.2 Å². The van der Waals surface area contributed by atoms with Crippen molar-refractivity contribution in [2.24, 2.45) is 0 Å². The lowest BCUT2D eigenvalue weighted by atomic mass is 9.93. The summed E-state index contributed by atoms with van der Waals surface area (Å²) in [6.45, 7) is 0.289. The minimum atomic E-state index is -0.745. The van der Waals surface area contributed by atoms with Gasteiger partial charge in [-0.15, -0.1) is 0 Å². The minimum Gasteiger partial charge on any atom is -0.463 e. The number of nitrogen functional groups attached to an aromatic ring is 1. The molecule has 0 saturated carbocycles. The molecule has 208 valence electrons. The van der Waals surface area contributed by atoms with Gasteiger partial charge in [0, 0.05) is 41.1 Å². The van der Waals surface area contributed by atoms with Crippen LogP contribution in [-0.2, 0) is 16.1 Å². The van der Waals surface area contributed by atoms with Gasteiger partial charge in [0.1, 0.15) is 41.7 Å². The van der Waals surface area contributed by atoms with Crippen LogP contribution in [0.3, 0.4) is 0 Å². The Morgan fingerprint density at radius 1 is 1.17 bits per heavy atom. The number of nitrogens with two attached hydrogens (primary N) is 1. The van der Waals surface area contributed by atoms with Gasteiger partial charge in [-0.25, -0.2) is 23.5 Å². The summed E-state index contributed by atoms with van der Waals surface area (Å²) in [7, 11) is 3.67. The van der Waals surface area contributed by atoms with Gasteiger partial charge in [0.2, 0.25) is 0 Å². The van der Waals surface area contributed by atoms with Gasteiger partial charge < -0.3 is 24.4 Å². The van der Waals surface area contributed by atoms with E-state index in [9.17, 15) is 9.59 Å². The Kier molecular flexibility index (Phi) is 6.58. The molecule has 0 fully saturated rings. The number of esters is 1. The van der Waals surface area contributed by atoms with E-state index in [1.807, 2.05) is 19.0 Å². The summed E-state index contributed by atoms with van der Waals surface area (Å²) in [5, 5.41) is 0.958. The van der Waals surface area contributed by atoms with Gasteiger partial charge in [0.05, 0.1) is 34.6 Å². The van der Waals surface area contributed by atoms with E-state index in [0.29, 0.717) is 22.8 Å². The molecule has 1 aliphatic rings. The molecule has 3 heterocycles. The number of nitrogens with zero attached hydrogens (tertiary/aromatic N) is 4. The topological polar surface area (TPSA) is 116 Å². The third kappa shape index (κ3) is 4.53. The Morgan fingerprint density at radius 2 is 2.00 bits per heavy atom. The molecule has 0 spiro atoms. The largest absolute Gasteiger partial charge is 0.463 e. The van der Waals surface area contributed by atoms with Gasteiger partial charge in [-0.2, -0.15) is 0 Å². The number of benzene rings is 2. The average Bonchev–Trinajstić information content (AvgIpc) is 3.54. The molecule has 0 radical (unpaired) electrons. The Morgan fingerprint density at radius 3 is 2.78 bits per heavy atom. The number of anilines is 1. The molecule has 1 aliphatic carbocycles. The molecule has 2 aromatic carbocycles. The number of furan rings is 1. The molecule has 0 atom stereocenters. The third-order valence-corrected chi connectivity index (χ3v) is 7.12. The zero-order chi connectivity index (χ0) is 28.8. The normalized spacial score (nSPS) is 13.6. The number of rotatable bonds is 7. The van der Waals surface area contributed by atoms with Gasteiger partial charge in [0.15, 0.2) is 5.78 Å². The van der Waals surface area contributed by atoms with E-state index in [-0.39, 0.29) is 70.1 Å². The molecule has 3 aromatic heterocycles. The molecular weight excluding hydrogens is 532 g/mol. The van der Waals surface area contributed by atoms with E-state index in [1.165, 1.54) is 41.4 Å². The molecule has 0 amide bonds. The highest BCUT2D eigenvalue weighted by Crippen LogP contribution is 2.41. The molecule has 6 rings (SSSR count). The number of hydrogen-bond donors (Lipinski definition) is 1. The number of likely N-dealkylation sites (N-methyl/N-ethyl adjacent to an activating group) is 1. The Hall–Kier alpha value is -4.90. The number of fused-ring (bicyclic) bond motifs is 4. The molecule has 41 heavy (non-hydrogen) atoms. The fourth-order valence-electron chi connectivity index (χ4n) is 5.13. The molecule has 0 bridgehead atoms. The Labute approximate surface area is 232 Å². The van der Waals surface area contributed by atoms with Crippen molar-refractivity contribution >= 4 is 55.9 Å². The van der Waals surface area contributed by atoms with E-state index in [0.717, 1.165) is 0 Å². The summed E-state index contributed by atoms with van der Waals surface area (Å²) in [4.78, 5) is 36.9. The minimum absolute atomic E-state index is 0.0197. The number of Topliss-reactive ketones (excluding diaryl/α,β-unsaturated/α-hetero) is 1. The van der Waals surface area contributed by atoms with Crippen LogP contribution in [0.15, 0.2) is 59.5 Å². The lowest BCUT2D eigenvalue weighted by Crippen LogP contribution is -2.22. The molecule has 9 nitrogen and oxygen atoms in total. The van der Waals surface area contributed by atoms with Crippen LogP contribution in [0.4, 0.5) is 14.6 Å². The first-order valence-electron chi connectivity index (χ1n) is 12.9. The maximum atomic E-state index is 15.5. The zero-order valence-corrected chi connectivity index (χ0v) is 22.3. The molecule has 0 saturated heterocycles. The summed E-state index contributed by atoms with van der Waals surface area (Å²) in [6.07, 6.45) is 7.73. The Bertz CT molecular complexity index is 1940. The van der Waals surface area contributed by atoms with E-state index in [2.05, 4.69) is 9.97 Å². The second kappa shape index (κ2) is 10.3. The lowest BCUT2D eigenvalue weighted by molar-refractivity contribution is -0.113. The molecule has 0 aliphatic heterocycles. The maximum Gasteiger partial charge on any atom is 0.355 e. The molecule has 11 heteroatoms. The predicted octanol–water partition coefficient (Wildman–Crippen LogP) is 4.87. The van der Waals surface area contributed by atoms with Gasteiger partial charge in [-0.05, 0) is 32.3 Å². The van der Waals surface area contributed by atoms with E-state index < -0.39 is 17.6 Å². The van der Waals surface area contributed by atoms with Crippen molar-refractivity contribution in [3.05, 3.63) is 83.5 Å². The number of aromatic nitrogens is 3. The number of hydrogen-bond acceptors (Lipinski definition) is 8. The first-order chi connectivity index (χ1) is 19.7. The smallest absolute Gasteiger partial charge is 0.355 e. The number of carbonyl (C=O) groups is 2. The fraction of sp³-hybridized carbons (Fsp3) is 0.200. The predicted molar refractivity (Wildman–Crippen MR) is 150 cm³/mol. The summed E-state index contributed by atoms with van der Waals surface area (Å²) >= 11 is 0. The van der Waals surface area contributed by atoms with Crippen LogP contribution < -0.4 is 5.73 Å². The molecule has 5 aromatic rings. The summed E-state index contributed by atoms with van der Waals surface area (Å²) < 4.78 is 43.6. The van der Waals surface area contributed by atoms with Gasteiger partial charge >= 0.3 is 5.97 Å². The number of ketones is 1. The van der Waals surface area contributed by atoms with Crippen LogP contribution in [0.1, 0.15) is 28.0 Å². The van der Waals surface area contributed by atoms with Crippen molar-refractivity contribution in [1.82, 2.24) is 19.4 Å². The van der Waals surface area contributed by atoms with Crippen molar-refractivity contribution < 1.29 is 27.5 Å². The van der Waals surface area contributed by atoms with Crippen molar-refractivity contribution in [3.8, 4) is 0 Å². The fourth-order valence-corrected chi connectivity index (χ4v) is 5.13. The van der Waals surface area contributed by atoms with Crippen LogP contribution in [-0.4, -0.2) is 58.4 Å². The van der Waals surface area contributed by atoms with Crippen LogP contribution in [0.5, 0.6) is 0 Å². The van der Waals surface area contributed by atoms with E-state index >= 15 is 8.78 Å². The number of allylic oxidation sites excluding steroid dienone is 4. The number of ether oxygens (including phenoxy) is 1. The van der Waals surface area contributed by atoms with E-state index in [4.69, 9.17) is 14.9 Å². The quantitative estimate of drug-likeness (QED) is 0.282. The number of carbonyl (C=O) groups excluding carboxylic acids is 2. The summed E-state index contributed by atoms with van der Waals surface area (Å²) in [6, 6.07) is 5.46. The van der Waals surface area contributed by atoms with E-state index in [1.54, 1.807) is 18.2 Å². The third-order valence-electron chi connectivity index (χ3n) is 7.12. The van der Waals surface area contributed by atoms with Crippen LogP contribution in [0, 0.1) is 11.6 Å². The highest BCUT2D eigenvalue weighted by molar-refractivity contribution is 6.29. The maximum absolute atomic E-state index is 15.5. The van der Waals surface area contributed by atoms with Gasteiger partial charge in [-0.3, -0.25) is 4.79 Å². The van der Waals surface area contributed by atoms with Crippen molar-refractivity contribution in [3.63, 3.8) is 0 Å². The zero-order valence-electron chi connectivity index (χ0n) is 22.3. The second-order valence-corrected chi connectivity index (χ2v) is 10.0. The van der Waals surface area contributed by atoms with Crippen molar-refractivity contribution in [2.75, 3.05) is 33.0 Å². The van der Waals surface area contributed by atoms with Crippen LogP contribution >= 0.6 is 0 Å². The Balaban J connectivity index is 1.66. The second-order valence-electron chi connectivity index (χ2n) is 10.0. The summed E-state index contributed by atoms with van der Waals surface area (Å²) in [5.74, 6) is -2.03. The SMILES string of the molecule is CN(C)CCOC(=O)c1c(C2=CC=CCC2=O)c2c3occc3c(F)cc2n1Cc1cc2c(N)ncnc2cc1F. The van der Waals surface area contributed by atoms with Crippen LogP contribution in [0.25, 0.3) is 38.3 Å². The van der Waals surface area contributed by atoms with Crippen LogP contribution in [0.2, 0.25) is 0 Å². The first kappa shape index (κ1) is 26.3. The first-order valence-corrected chi connectivity index (χ1v) is 12.9. The number of halogens is 2. The molecule has 2 N–H and O–H groups in total. The van der Waals surface area contributed by atoms with Gasteiger partial charge in [0.25, 0.3) is 0 Å². The summed E-state index contributed by atoms with van der Waals surface area (Å²) in [5.41, 5.74) is 7.36. The standard InChI is InChI=1S/C30H25F2N5O4/c1-36(2)8-10-41-30(39)27-25(18-5-3-4-6-24(18)38)26-23(13-21(32)17-7-9-40-28(17)26)37(27)14-16-11-19-22(12-20(16)31)34-15-35-29(19)33/h3-5,7,9,11-13,15H,6,8,10,14H2,1-2H3,(H2,33,34,35). The monoisotopic (exact) mass is 557 g/mol. The van der Waals surface area contributed by atoms with Crippen molar-refractivity contribution in [1.29, 1.82) is 0 Å². The lowest BCUT2D eigenvalue weighted by Gasteiger charge is -2.16. The highest BCUT2D eigenvalue weighted by Gasteiger charge is 2.32.